The van der Waals surface area contributed by atoms with Crippen LogP contribution in [0.4, 0.5) is 0 Å². The molecule has 4 heterocycles. The monoisotopic (exact) mass is 344 g/mol. The third-order valence-electron chi connectivity index (χ3n) is 3.42. The van der Waals surface area contributed by atoms with Gasteiger partial charge in [0.15, 0.2) is 5.82 Å². The predicted octanol–water partition coefficient (Wildman–Crippen LogP) is 0.415. The van der Waals surface area contributed by atoms with Crippen LogP contribution in [0.5, 0.6) is 0 Å². The molecule has 0 aliphatic rings. The maximum absolute atomic E-state index is 12.7. The lowest BCUT2D eigenvalue weighted by molar-refractivity contribution is 0.178. The van der Waals surface area contributed by atoms with Crippen LogP contribution in [0.3, 0.4) is 0 Å². The highest BCUT2D eigenvalue weighted by Gasteiger charge is 2.13. The molecule has 122 valence electrons. The van der Waals surface area contributed by atoms with Crippen molar-refractivity contribution in [1.29, 1.82) is 0 Å². The molecule has 10 nitrogen and oxygen atoms in total. The zero-order valence-electron chi connectivity index (χ0n) is 12.8. The molecular weight excluding hydrogens is 332 g/mol. The summed E-state index contributed by atoms with van der Waals surface area (Å²) in [6, 6.07) is 1.76. The van der Waals surface area contributed by atoms with Crippen LogP contribution in [-0.2, 0) is 11.3 Å². The van der Waals surface area contributed by atoms with Gasteiger partial charge < -0.3 is 4.74 Å². The Hall–Kier alpha value is -2.79. The summed E-state index contributed by atoms with van der Waals surface area (Å²) >= 11 is 1.39. The van der Waals surface area contributed by atoms with Crippen molar-refractivity contribution in [3.05, 3.63) is 34.6 Å². The van der Waals surface area contributed by atoms with E-state index in [-0.39, 0.29) is 12.2 Å². The van der Waals surface area contributed by atoms with Gasteiger partial charge in [-0.2, -0.15) is 14.5 Å². The first-order valence-corrected chi connectivity index (χ1v) is 8.15. The van der Waals surface area contributed by atoms with Crippen LogP contribution in [0, 0.1) is 0 Å². The molecule has 4 aromatic rings. The van der Waals surface area contributed by atoms with Crippen molar-refractivity contribution < 1.29 is 4.74 Å². The lowest BCUT2D eigenvalue weighted by Crippen LogP contribution is -2.20. The molecule has 0 radical (unpaired) electrons. The van der Waals surface area contributed by atoms with Crippen LogP contribution < -0.4 is 5.56 Å². The molecule has 1 N–H and O–H groups in total. The molecule has 0 unspecified atom stereocenters. The van der Waals surface area contributed by atoms with Gasteiger partial charge in [0.25, 0.3) is 11.3 Å². The molecule has 24 heavy (non-hydrogen) atoms. The van der Waals surface area contributed by atoms with Gasteiger partial charge in [0.2, 0.25) is 11.1 Å². The van der Waals surface area contributed by atoms with E-state index in [1.807, 2.05) is 6.26 Å². The van der Waals surface area contributed by atoms with Gasteiger partial charge in [-0.3, -0.25) is 9.36 Å². The molecule has 11 heteroatoms. The van der Waals surface area contributed by atoms with E-state index in [0.29, 0.717) is 33.6 Å². The van der Waals surface area contributed by atoms with Gasteiger partial charge in [0.05, 0.1) is 10.9 Å². The number of ether oxygens (including phenoxy) is 1. The number of fused-ring (bicyclic) bond motifs is 3. The number of aromatic amines is 1. The average molecular weight is 344 g/mol. The molecule has 0 aromatic carbocycles. The second-order valence-electron chi connectivity index (χ2n) is 4.87. The number of thioether (sulfide) groups is 1. The Kier molecular flexibility index (Phi) is 3.50. The Balaban J connectivity index is 1.92. The van der Waals surface area contributed by atoms with Gasteiger partial charge in [0, 0.05) is 19.5 Å². The Morgan fingerprint density at radius 3 is 3.00 bits per heavy atom. The highest BCUT2D eigenvalue weighted by Crippen LogP contribution is 2.13. The average Bonchev–Trinajstić information content (AvgIpc) is 3.21. The Labute approximate surface area is 138 Å². The number of pyridine rings is 1. The maximum Gasteiger partial charge on any atom is 0.268 e. The molecule has 0 aliphatic heterocycles. The van der Waals surface area contributed by atoms with Crippen molar-refractivity contribution in [2.24, 2.45) is 0 Å². The quantitative estimate of drug-likeness (QED) is 0.529. The predicted molar refractivity (Wildman–Crippen MR) is 86.3 cm³/mol. The molecule has 0 atom stereocenters. The zero-order valence-corrected chi connectivity index (χ0v) is 13.6. The molecule has 0 amide bonds. The first-order valence-electron chi connectivity index (χ1n) is 6.93. The molecule has 4 rings (SSSR count). The third kappa shape index (κ3) is 2.25. The smallest absolute Gasteiger partial charge is 0.268 e. The Morgan fingerprint density at radius 1 is 1.38 bits per heavy atom. The minimum absolute atomic E-state index is 0.269. The highest BCUT2D eigenvalue weighted by atomic mass is 32.2. The number of methoxy groups -OCH3 is 1. The van der Waals surface area contributed by atoms with Crippen LogP contribution in [0.1, 0.15) is 5.82 Å². The molecule has 0 aliphatic carbocycles. The lowest BCUT2D eigenvalue weighted by atomic mass is 10.3. The number of rotatable bonds is 4. The normalized spacial score (nSPS) is 11.6. The Morgan fingerprint density at radius 2 is 2.25 bits per heavy atom. The Bertz CT molecular complexity index is 1100. The van der Waals surface area contributed by atoms with E-state index >= 15 is 0 Å². The number of H-pyrrole nitrogens is 1. The summed E-state index contributed by atoms with van der Waals surface area (Å²) in [5.41, 5.74) is 0.343. The molecule has 0 spiro atoms. The van der Waals surface area contributed by atoms with Crippen molar-refractivity contribution in [3.8, 4) is 5.95 Å². The fourth-order valence-corrected chi connectivity index (χ4v) is 2.67. The summed E-state index contributed by atoms with van der Waals surface area (Å²) in [7, 11) is 1.57. The number of nitrogens with one attached hydrogen (secondary N) is 1. The van der Waals surface area contributed by atoms with E-state index < -0.39 is 0 Å². The number of hydrogen-bond donors (Lipinski definition) is 1. The minimum atomic E-state index is -0.269. The third-order valence-corrected chi connectivity index (χ3v) is 3.96. The summed E-state index contributed by atoms with van der Waals surface area (Å²) in [4.78, 5) is 25.4. The molecule has 0 saturated heterocycles. The SMILES string of the molecule is COCc1nc2ncc3c(=O)n(-c4nc(SC)n[nH]4)ccc3n2n1. The molecule has 4 aromatic heterocycles. The lowest BCUT2D eigenvalue weighted by Gasteiger charge is -2.03. The maximum atomic E-state index is 12.7. The van der Waals surface area contributed by atoms with Crippen LogP contribution in [0.2, 0.25) is 0 Å². The molecular formula is C13H12N8O2S. The van der Waals surface area contributed by atoms with E-state index in [2.05, 4.69) is 30.2 Å². The molecule has 0 bridgehead atoms. The van der Waals surface area contributed by atoms with Gasteiger partial charge in [-0.05, 0) is 12.3 Å². The summed E-state index contributed by atoms with van der Waals surface area (Å²) in [5, 5.41) is 12.0. The van der Waals surface area contributed by atoms with Crippen LogP contribution >= 0.6 is 11.8 Å². The first-order chi connectivity index (χ1) is 11.7. The van der Waals surface area contributed by atoms with Crippen molar-refractivity contribution in [3.63, 3.8) is 0 Å². The fraction of sp³-hybridized carbons (Fsp3) is 0.231. The molecule has 0 fully saturated rings. The zero-order chi connectivity index (χ0) is 16.7. The minimum Gasteiger partial charge on any atom is -0.377 e. The fourth-order valence-electron chi connectivity index (χ4n) is 2.36. The standard InChI is InChI=1S/C13H12N8O2S/c1-23-6-9-15-11-14-5-7-8(21(11)19-9)3-4-20(10(7)22)12-16-13(24-2)18-17-12/h3-5H,6H2,1-2H3,(H,16,17,18). The van der Waals surface area contributed by atoms with E-state index in [1.54, 1.807) is 19.4 Å². The first kappa shape index (κ1) is 14.8. The summed E-state index contributed by atoms with van der Waals surface area (Å²) < 4.78 is 7.95. The largest absolute Gasteiger partial charge is 0.377 e. The number of nitrogens with zero attached hydrogens (tertiary/aromatic N) is 7. The van der Waals surface area contributed by atoms with Crippen molar-refractivity contribution in [1.82, 2.24) is 39.3 Å². The summed E-state index contributed by atoms with van der Waals surface area (Å²) in [6.07, 6.45) is 4.96. The van der Waals surface area contributed by atoms with Gasteiger partial charge in [-0.1, -0.05) is 11.8 Å². The topological polar surface area (TPSA) is 116 Å². The van der Waals surface area contributed by atoms with Gasteiger partial charge in [0.1, 0.15) is 6.61 Å². The van der Waals surface area contributed by atoms with E-state index in [9.17, 15) is 4.79 Å². The van der Waals surface area contributed by atoms with Gasteiger partial charge >= 0.3 is 0 Å². The number of hydrogen-bond acceptors (Lipinski definition) is 8. The van der Waals surface area contributed by atoms with E-state index in [0.717, 1.165) is 0 Å². The van der Waals surface area contributed by atoms with Crippen LogP contribution in [0.25, 0.3) is 22.6 Å². The van der Waals surface area contributed by atoms with Crippen LogP contribution in [-0.4, -0.2) is 52.7 Å². The van der Waals surface area contributed by atoms with E-state index in [4.69, 9.17) is 4.74 Å². The summed E-state index contributed by atoms with van der Waals surface area (Å²) in [6.45, 7) is 0.275. The second kappa shape index (κ2) is 5.69. The van der Waals surface area contributed by atoms with Crippen molar-refractivity contribution in [2.75, 3.05) is 13.4 Å². The van der Waals surface area contributed by atoms with Crippen molar-refractivity contribution >= 4 is 28.4 Å². The van der Waals surface area contributed by atoms with Gasteiger partial charge in [-0.25, -0.2) is 10.1 Å². The van der Waals surface area contributed by atoms with Crippen LogP contribution in [0.15, 0.2) is 28.4 Å². The summed E-state index contributed by atoms with van der Waals surface area (Å²) in [5.74, 6) is 1.27. The van der Waals surface area contributed by atoms with Crippen molar-refractivity contribution in [2.45, 2.75) is 11.8 Å². The second-order valence-corrected chi connectivity index (χ2v) is 5.64. The number of aromatic nitrogens is 8. The van der Waals surface area contributed by atoms with E-state index in [1.165, 1.54) is 27.0 Å². The molecule has 0 saturated carbocycles. The highest BCUT2D eigenvalue weighted by molar-refractivity contribution is 7.98. The van der Waals surface area contributed by atoms with Gasteiger partial charge in [-0.15, -0.1) is 10.2 Å².